The molecule has 0 N–H and O–H groups in total. The Morgan fingerprint density at radius 2 is 1.38 bits per heavy atom. The molecule has 16 heavy (non-hydrogen) atoms. The van der Waals surface area contributed by atoms with Gasteiger partial charge in [-0.15, -0.1) is 6.42 Å². The van der Waals surface area contributed by atoms with Crippen LogP contribution in [0.3, 0.4) is 0 Å². The van der Waals surface area contributed by atoms with Crippen LogP contribution in [-0.4, -0.2) is 0 Å². The first-order valence-corrected chi connectivity index (χ1v) is 6.35. The molecule has 0 rings (SSSR count). The second kappa shape index (κ2) is 13.7. The third-order valence-electron chi connectivity index (χ3n) is 2.44. The minimum Gasteiger partial charge on any atom is -0.106 e. The molecule has 86 valence electrons. The molecule has 0 heteroatoms. The summed E-state index contributed by atoms with van der Waals surface area (Å²) >= 11 is 0. The largest absolute Gasteiger partial charge is 0.106 e. The lowest BCUT2D eigenvalue weighted by Gasteiger charge is -1.98. The maximum Gasteiger partial charge on any atom is 0.00989 e. The van der Waals surface area contributed by atoms with Gasteiger partial charge in [0.1, 0.15) is 0 Å². The maximum atomic E-state index is 4.97. The summed E-state index contributed by atoms with van der Waals surface area (Å²) in [7, 11) is 0. The van der Waals surface area contributed by atoms with Crippen LogP contribution in [0, 0.1) is 36.0 Å². The van der Waals surface area contributed by atoms with E-state index in [4.69, 9.17) is 6.42 Å². The zero-order valence-corrected chi connectivity index (χ0v) is 10.4. The molecule has 0 aromatic carbocycles. The van der Waals surface area contributed by atoms with Crippen molar-refractivity contribution in [2.24, 2.45) is 0 Å². The summed E-state index contributed by atoms with van der Waals surface area (Å²) in [6.07, 6.45) is 16.6. The molecule has 0 fully saturated rings. The molecule has 0 aliphatic heterocycles. The highest BCUT2D eigenvalue weighted by Crippen LogP contribution is 2.08. The fourth-order valence-electron chi connectivity index (χ4n) is 1.52. The second-order valence-electron chi connectivity index (χ2n) is 3.92. The van der Waals surface area contributed by atoms with E-state index < -0.39 is 0 Å². The van der Waals surface area contributed by atoms with Crippen LogP contribution in [-0.2, 0) is 0 Å². The summed E-state index contributed by atoms with van der Waals surface area (Å²) in [6.45, 7) is 2.25. The summed E-state index contributed by atoms with van der Waals surface area (Å²) in [5, 5.41) is 0. The highest BCUT2D eigenvalue weighted by Gasteiger charge is 1.89. The monoisotopic (exact) mass is 214 g/mol. The molecule has 0 aliphatic rings. The van der Waals surface area contributed by atoms with Crippen LogP contribution < -0.4 is 0 Å². The van der Waals surface area contributed by atoms with E-state index in [-0.39, 0.29) is 0 Å². The number of rotatable bonds is 8. The van der Waals surface area contributed by atoms with Gasteiger partial charge < -0.3 is 0 Å². The first-order valence-electron chi connectivity index (χ1n) is 6.35. The van der Waals surface area contributed by atoms with E-state index in [2.05, 4.69) is 36.5 Å². The number of hydrogen-bond acceptors (Lipinski definition) is 0. The quantitative estimate of drug-likeness (QED) is 0.420. The van der Waals surface area contributed by atoms with Gasteiger partial charge >= 0.3 is 0 Å². The zero-order chi connectivity index (χ0) is 11.9. The lowest BCUT2D eigenvalue weighted by molar-refractivity contribution is 0.579. The maximum absolute atomic E-state index is 4.97. The second-order valence-corrected chi connectivity index (χ2v) is 3.92. The molecule has 0 radical (unpaired) electrons. The van der Waals surface area contributed by atoms with E-state index in [1.54, 1.807) is 0 Å². The van der Waals surface area contributed by atoms with Crippen LogP contribution in [0.4, 0.5) is 0 Å². The Morgan fingerprint density at radius 3 is 2.00 bits per heavy atom. The van der Waals surface area contributed by atoms with Gasteiger partial charge in [-0.3, -0.25) is 0 Å². The van der Waals surface area contributed by atoms with E-state index in [1.165, 1.54) is 51.4 Å². The molecule has 0 heterocycles. The molecule has 0 saturated carbocycles. The number of hydrogen-bond donors (Lipinski definition) is 0. The predicted molar refractivity (Wildman–Crippen MR) is 71.6 cm³/mol. The summed E-state index contributed by atoms with van der Waals surface area (Å²) in [4.78, 5) is 0. The van der Waals surface area contributed by atoms with Crippen molar-refractivity contribution in [2.45, 2.75) is 64.7 Å². The van der Waals surface area contributed by atoms with Crippen LogP contribution in [0.5, 0.6) is 0 Å². The smallest absolute Gasteiger partial charge is 0.00989 e. The van der Waals surface area contributed by atoms with Gasteiger partial charge in [-0.05, 0) is 30.1 Å². The predicted octanol–water partition coefficient (Wildman–Crippen LogP) is 4.16. The highest BCUT2D eigenvalue weighted by molar-refractivity contribution is 5.33. The molecule has 0 aromatic rings. The van der Waals surface area contributed by atoms with Crippen molar-refractivity contribution >= 4 is 0 Å². The van der Waals surface area contributed by atoms with Gasteiger partial charge in [-0.1, -0.05) is 57.8 Å². The Kier molecular flexibility index (Phi) is 12.6. The highest BCUT2D eigenvalue weighted by atomic mass is 14.0. The van der Waals surface area contributed by atoms with Gasteiger partial charge in [-0.25, -0.2) is 0 Å². The molecule has 0 amide bonds. The van der Waals surface area contributed by atoms with Gasteiger partial charge in [0.15, 0.2) is 0 Å². The van der Waals surface area contributed by atoms with Gasteiger partial charge in [0, 0.05) is 6.42 Å². The molecule has 0 saturated heterocycles. The van der Waals surface area contributed by atoms with Crippen molar-refractivity contribution in [3.8, 4) is 36.0 Å². The Labute approximate surface area is 101 Å². The third-order valence-corrected chi connectivity index (χ3v) is 2.44. The van der Waals surface area contributed by atoms with E-state index >= 15 is 0 Å². The zero-order valence-electron chi connectivity index (χ0n) is 10.4. The Balaban J connectivity index is 3.15. The van der Waals surface area contributed by atoms with E-state index in [0.717, 1.165) is 6.42 Å². The van der Waals surface area contributed by atoms with Crippen LogP contribution in [0.25, 0.3) is 0 Å². The average Bonchev–Trinajstić information content (AvgIpc) is 2.31. The van der Waals surface area contributed by atoms with Crippen LogP contribution in [0.2, 0.25) is 0 Å². The fourth-order valence-corrected chi connectivity index (χ4v) is 1.52. The molecular weight excluding hydrogens is 192 g/mol. The Hall–Kier alpha value is -1.32. The first kappa shape index (κ1) is 14.7. The van der Waals surface area contributed by atoms with Gasteiger partial charge in [0.25, 0.3) is 0 Å². The Bertz CT molecular complexity index is 295. The molecule has 0 aromatic heterocycles. The van der Waals surface area contributed by atoms with Crippen molar-refractivity contribution < 1.29 is 0 Å². The molecular formula is C16H22. The molecule has 0 bridgehead atoms. The normalized spacial score (nSPS) is 8.25. The lowest BCUT2D eigenvalue weighted by Crippen LogP contribution is -1.79. The van der Waals surface area contributed by atoms with Crippen molar-refractivity contribution in [2.75, 3.05) is 0 Å². The minimum absolute atomic E-state index is 0.953. The standard InChI is InChI=1S/C16H22/c1-3-5-7-9-11-13-15-16-14-12-10-8-6-4-2/h1H,4,6,8,10,12-16H2,2H3. The van der Waals surface area contributed by atoms with Crippen molar-refractivity contribution in [1.29, 1.82) is 0 Å². The summed E-state index contributed by atoms with van der Waals surface area (Å²) in [5.74, 6) is 13.1. The number of terminal acetylenes is 1. The van der Waals surface area contributed by atoms with Crippen LogP contribution >= 0.6 is 0 Å². The van der Waals surface area contributed by atoms with Crippen molar-refractivity contribution in [3.05, 3.63) is 0 Å². The summed E-state index contributed by atoms with van der Waals surface area (Å²) < 4.78 is 0. The van der Waals surface area contributed by atoms with E-state index in [9.17, 15) is 0 Å². The van der Waals surface area contributed by atoms with Crippen LogP contribution in [0.1, 0.15) is 64.7 Å². The topological polar surface area (TPSA) is 0 Å². The fraction of sp³-hybridized carbons (Fsp3) is 0.625. The minimum atomic E-state index is 0.953. The lowest BCUT2D eigenvalue weighted by atomic mass is 10.1. The van der Waals surface area contributed by atoms with Gasteiger partial charge in [0.05, 0.1) is 0 Å². The molecule has 0 unspecified atom stereocenters. The van der Waals surface area contributed by atoms with Gasteiger partial charge in [0.2, 0.25) is 0 Å². The molecule has 0 aliphatic carbocycles. The molecule has 0 atom stereocenters. The van der Waals surface area contributed by atoms with E-state index in [0.29, 0.717) is 0 Å². The number of unbranched alkanes of at least 4 members (excludes halogenated alkanes) is 8. The first-order chi connectivity index (χ1) is 7.91. The summed E-state index contributed by atoms with van der Waals surface area (Å²) in [5.41, 5.74) is 0. The van der Waals surface area contributed by atoms with Crippen molar-refractivity contribution in [1.82, 2.24) is 0 Å². The molecule has 0 spiro atoms. The van der Waals surface area contributed by atoms with Crippen LogP contribution in [0.15, 0.2) is 0 Å². The average molecular weight is 214 g/mol. The Morgan fingerprint density at radius 1 is 0.750 bits per heavy atom. The molecule has 0 nitrogen and oxygen atoms in total. The summed E-state index contributed by atoms with van der Waals surface area (Å²) in [6, 6.07) is 0. The SMILES string of the molecule is C#CC#CC#CCCCCCCCCCC. The van der Waals surface area contributed by atoms with Gasteiger partial charge in [-0.2, -0.15) is 0 Å². The van der Waals surface area contributed by atoms with E-state index in [1.807, 2.05) is 0 Å². The van der Waals surface area contributed by atoms with Crippen molar-refractivity contribution in [3.63, 3.8) is 0 Å². The third kappa shape index (κ3) is 12.7.